The largest absolute Gasteiger partial charge is 0.346 e. The van der Waals surface area contributed by atoms with E-state index in [9.17, 15) is 18.8 Å². The maximum absolute atomic E-state index is 14.2. The molecule has 1 saturated heterocycles. The molecular formula is C21H18FN5O3S. The number of aromatic nitrogens is 2. The van der Waals surface area contributed by atoms with Crippen LogP contribution in [0.5, 0.6) is 0 Å². The fraction of sp³-hybridized carbons (Fsp3) is 0.190. The summed E-state index contributed by atoms with van der Waals surface area (Å²) >= 11 is 0.984. The predicted octanol–water partition coefficient (Wildman–Crippen LogP) is 2.57. The number of nitrogens with one attached hydrogen (secondary N) is 2. The molecule has 31 heavy (non-hydrogen) atoms. The van der Waals surface area contributed by atoms with Gasteiger partial charge in [-0.3, -0.25) is 14.5 Å². The number of halogens is 1. The van der Waals surface area contributed by atoms with Crippen LogP contribution in [0.15, 0.2) is 54.6 Å². The zero-order valence-electron chi connectivity index (χ0n) is 16.5. The van der Waals surface area contributed by atoms with Gasteiger partial charge in [-0.2, -0.15) is 0 Å². The van der Waals surface area contributed by atoms with E-state index in [2.05, 4.69) is 20.8 Å². The van der Waals surface area contributed by atoms with E-state index in [4.69, 9.17) is 0 Å². The maximum Gasteiger partial charge on any atom is 0.325 e. The third kappa shape index (κ3) is 4.02. The van der Waals surface area contributed by atoms with E-state index >= 15 is 0 Å². The summed E-state index contributed by atoms with van der Waals surface area (Å²) in [4.78, 5) is 38.6. The Morgan fingerprint density at radius 3 is 2.58 bits per heavy atom. The number of benzene rings is 2. The van der Waals surface area contributed by atoms with Crippen LogP contribution < -0.4 is 10.6 Å². The molecule has 0 aliphatic carbocycles. The van der Waals surface area contributed by atoms with E-state index < -0.39 is 29.2 Å². The SMILES string of the molecule is CC1(c2ccccc2F)NC(=O)N(Cc2nnc(C(=O)NCc3ccccc3)s2)C1=O. The summed E-state index contributed by atoms with van der Waals surface area (Å²) in [6.07, 6.45) is 0. The molecule has 1 fully saturated rings. The molecule has 1 unspecified atom stereocenters. The second kappa shape index (κ2) is 8.23. The monoisotopic (exact) mass is 439 g/mol. The second-order valence-corrected chi connectivity index (χ2v) is 8.16. The lowest BCUT2D eigenvalue weighted by atomic mass is 9.91. The van der Waals surface area contributed by atoms with Crippen molar-refractivity contribution < 1.29 is 18.8 Å². The van der Waals surface area contributed by atoms with Crippen LogP contribution in [0, 0.1) is 5.82 Å². The summed E-state index contributed by atoms with van der Waals surface area (Å²) in [5.74, 6) is -1.59. The summed E-state index contributed by atoms with van der Waals surface area (Å²) in [6, 6.07) is 14.5. The molecule has 2 aromatic carbocycles. The topological polar surface area (TPSA) is 104 Å². The molecule has 0 saturated carbocycles. The summed E-state index contributed by atoms with van der Waals surface area (Å²) < 4.78 is 14.2. The number of hydrogen-bond acceptors (Lipinski definition) is 6. The lowest BCUT2D eigenvalue weighted by Crippen LogP contribution is -2.41. The van der Waals surface area contributed by atoms with Gasteiger partial charge in [-0.15, -0.1) is 10.2 Å². The molecule has 8 nitrogen and oxygen atoms in total. The number of imide groups is 1. The van der Waals surface area contributed by atoms with Crippen molar-refractivity contribution in [3.8, 4) is 0 Å². The Hall–Kier alpha value is -3.66. The lowest BCUT2D eigenvalue weighted by Gasteiger charge is -2.22. The van der Waals surface area contributed by atoms with E-state index in [1.54, 1.807) is 6.07 Å². The van der Waals surface area contributed by atoms with Gasteiger partial charge in [0.25, 0.3) is 11.8 Å². The summed E-state index contributed by atoms with van der Waals surface area (Å²) in [7, 11) is 0. The van der Waals surface area contributed by atoms with Gasteiger partial charge < -0.3 is 10.6 Å². The molecule has 158 valence electrons. The fourth-order valence-corrected chi connectivity index (χ4v) is 4.03. The first-order chi connectivity index (χ1) is 14.9. The van der Waals surface area contributed by atoms with Crippen LogP contribution in [0.2, 0.25) is 0 Å². The molecule has 4 rings (SSSR count). The van der Waals surface area contributed by atoms with E-state index in [-0.39, 0.29) is 17.1 Å². The van der Waals surface area contributed by atoms with Crippen LogP contribution in [-0.4, -0.2) is 32.9 Å². The van der Waals surface area contributed by atoms with Gasteiger partial charge in [0.2, 0.25) is 5.01 Å². The van der Waals surface area contributed by atoms with Crippen molar-refractivity contribution in [3.63, 3.8) is 0 Å². The Labute approximate surface area is 181 Å². The first kappa shape index (κ1) is 20.6. The van der Waals surface area contributed by atoms with Gasteiger partial charge in [0.05, 0.1) is 6.54 Å². The van der Waals surface area contributed by atoms with Gasteiger partial charge >= 0.3 is 6.03 Å². The standard InChI is InChI=1S/C21H18FN5O3S/c1-21(14-9-5-6-10-15(14)22)19(29)27(20(30)24-21)12-16-25-26-18(31-16)17(28)23-11-13-7-3-2-4-8-13/h2-10H,11-12H2,1H3,(H,23,28)(H,24,30). The van der Waals surface area contributed by atoms with E-state index in [0.717, 1.165) is 21.8 Å². The Morgan fingerprint density at radius 1 is 1.13 bits per heavy atom. The fourth-order valence-electron chi connectivity index (χ4n) is 3.29. The number of carbonyl (C=O) groups is 3. The van der Waals surface area contributed by atoms with Crippen molar-refractivity contribution in [2.75, 3.05) is 0 Å². The molecule has 0 spiro atoms. The van der Waals surface area contributed by atoms with Gasteiger partial charge in [-0.25, -0.2) is 9.18 Å². The molecule has 10 heteroatoms. The highest BCUT2D eigenvalue weighted by Gasteiger charge is 2.50. The Balaban J connectivity index is 1.45. The van der Waals surface area contributed by atoms with Gasteiger partial charge in [0, 0.05) is 12.1 Å². The highest BCUT2D eigenvalue weighted by molar-refractivity contribution is 7.13. The van der Waals surface area contributed by atoms with Gasteiger partial charge in [-0.05, 0) is 18.6 Å². The molecule has 1 atom stereocenters. The van der Waals surface area contributed by atoms with Crippen LogP contribution >= 0.6 is 11.3 Å². The highest BCUT2D eigenvalue weighted by Crippen LogP contribution is 2.31. The average Bonchev–Trinajstić information content (AvgIpc) is 3.32. The van der Waals surface area contributed by atoms with Crippen LogP contribution in [0.3, 0.4) is 0 Å². The second-order valence-electron chi connectivity index (χ2n) is 7.10. The van der Waals surface area contributed by atoms with E-state index in [0.29, 0.717) is 11.6 Å². The zero-order chi connectivity index (χ0) is 22.0. The summed E-state index contributed by atoms with van der Waals surface area (Å²) in [6.45, 7) is 1.62. The van der Waals surface area contributed by atoms with E-state index in [1.807, 2.05) is 30.3 Å². The number of carbonyl (C=O) groups excluding carboxylic acids is 3. The Kier molecular flexibility index (Phi) is 5.47. The zero-order valence-corrected chi connectivity index (χ0v) is 17.3. The smallest absolute Gasteiger partial charge is 0.325 e. The first-order valence-electron chi connectivity index (χ1n) is 9.42. The minimum absolute atomic E-state index is 0.0779. The normalized spacial score (nSPS) is 18.2. The molecule has 0 bridgehead atoms. The minimum Gasteiger partial charge on any atom is -0.346 e. The molecule has 1 aliphatic rings. The predicted molar refractivity (Wildman–Crippen MR) is 110 cm³/mol. The number of urea groups is 1. The number of hydrogen-bond donors (Lipinski definition) is 2. The lowest BCUT2D eigenvalue weighted by molar-refractivity contribution is -0.131. The van der Waals surface area contributed by atoms with Gasteiger partial charge in [-0.1, -0.05) is 59.9 Å². The van der Waals surface area contributed by atoms with Crippen molar-refractivity contribution in [1.82, 2.24) is 25.7 Å². The Bertz CT molecular complexity index is 1150. The maximum atomic E-state index is 14.2. The first-order valence-corrected chi connectivity index (χ1v) is 10.2. The molecule has 1 aliphatic heterocycles. The number of amides is 4. The molecule has 3 aromatic rings. The van der Waals surface area contributed by atoms with Gasteiger partial charge in [0.1, 0.15) is 16.4 Å². The molecule has 0 radical (unpaired) electrons. The Morgan fingerprint density at radius 2 is 1.84 bits per heavy atom. The molecule has 1 aromatic heterocycles. The third-order valence-electron chi connectivity index (χ3n) is 4.94. The highest BCUT2D eigenvalue weighted by atomic mass is 32.1. The molecule has 4 amide bonds. The third-order valence-corrected chi connectivity index (χ3v) is 5.84. The van der Waals surface area contributed by atoms with Crippen molar-refractivity contribution >= 4 is 29.2 Å². The summed E-state index contributed by atoms with van der Waals surface area (Å²) in [5, 5.41) is 13.5. The van der Waals surface area contributed by atoms with Crippen LogP contribution in [0.25, 0.3) is 0 Å². The molecular weight excluding hydrogens is 421 g/mol. The minimum atomic E-state index is -1.52. The van der Waals surface area contributed by atoms with Crippen LogP contribution in [-0.2, 0) is 23.4 Å². The van der Waals surface area contributed by atoms with Gasteiger partial charge in [0.15, 0.2) is 0 Å². The quantitative estimate of drug-likeness (QED) is 0.575. The van der Waals surface area contributed by atoms with Crippen molar-refractivity contribution in [2.24, 2.45) is 0 Å². The average molecular weight is 439 g/mol. The molecule has 2 N–H and O–H groups in total. The van der Waals surface area contributed by atoms with E-state index in [1.165, 1.54) is 25.1 Å². The summed E-state index contributed by atoms with van der Waals surface area (Å²) in [5.41, 5.74) is -0.510. The van der Waals surface area contributed by atoms with Crippen molar-refractivity contribution in [1.29, 1.82) is 0 Å². The van der Waals surface area contributed by atoms with Crippen LogP contribution in [0.4, 0.5) is 9.18 Å². The van der Waals surface area contributed by atoms with Crippen molar-refractivity contribution in [3.05, 3.63) is 81.6 Å². The molecule has 2 heterocycles. The van der Waals surface area contributed by atoms with Crippen molar-refractivity contribution in [2.45, 2.75) is 25.6 Å². The number of rotatable bonds is 6. The number of nitrogens with zero attached hydrogens (tertiary/aromatic N) is 3. The van der Waals surface area contributed by atoms with Crippen LogP contribution in [0.1, 0.15) is 32.9 Å².